The number of benzene rings is 2. The molecule has 24 heavy (non-hydrogen) atoms. The fourth-order valence-corrected chi connectivity index (χ4v) is 2.64. The SMILES string of the molecule is O=C(CC1COCCN1)Nc1ccc(Oc2cccc(Cl)c2)cc1. The predicted octanol–water partition coefficient (Wildman–Crippen LogP) is 3.45. The van der Waals surface area contributed by atoms with Crippen molar-refractivity contribution in [3.8, 4) is 11.5 Å². The molecule has 0 bridgehead atoms. The molecule has 0 spiro atoms. The van der Waals surface area contributed by atoms with Crippen LogP contribution in [0.25, 0.3) is 0 Å². The Hall–Kier alpha value is -2.08. The van der Waals surface area contributed by atoms with Gasteiger partial charge in [-0.05, 0) is 42.5 Å². The number of anilines is 1. The van der Waals surface area contributed by atoms with Crippen molar-refractivity contribution in [1.29, 1.82) is 0 Å². The second-order valence-corrected chi connectivity index (χ2v) is 6.00. The quantitative estimate of drug-likeness (QED) is 0.870. The Balaban J connectivity index is 1.53. The molecule has 1 amide bonds. The highest BCUT2D eigenvalue weighted by Gasteiger charge is 2.16. The van der Waals surface area contributed by atoms with E-state index < -0.39 is 0 Å². The molecule has 3 rings (SSSR count). The molecule has 2 N–H and O–H groups in total. The van der Waals surface area contributed by atoms with Crippen LogP contribution in [-0.4, -0.2) is 31.7 Å². The van der Waals surface area contributed by atoms with Crippen LogP contribution in [0.4, 0.5) is 5.69 Å². The molecule has 1 atom stereocenters. The molecule has 0 radical (unpaired) electrons. The third kappa shape index (κ3) is 4.96. The van der Waals surface area contributed by atoms with Crippen LogP contribution in [0.15, 0.2) is 48.5 Å². The minimum Gasteiger partial charge on any atom is -0.457 e. The summed E-state index contributed by atoms with van der Waals surface area (Å²) in [7, 11) is 0. The lowest BCUT2D eigenvalue weighted by molar-refractivity contribution is -0.117. The summed E-state index contributed by atoms with van der Waals surface area (Å²) in [4.78, 5) is 12.0. The van der Waals surface area contributed by atoms with Gasteiger partial charge in [0.25, 0.3) is 0 Å². The molecule has 6 heteroatoms. The summed E-state index contributed by atoms with van der Waals surface area (Å²) in [6.45, 7) is 2.06. The second-order valence-electron chi connectivity index (χ2n) is 5.56. The Morgan fingerprint density at radius 2 is 2.08 bits per heavy atom. The highest BCUT2D eigenvalue weighted by molar-refractivity contribution is 6.30. The first-order chi connectivity index (χ1) is 11.7. The Kier molecular flexibility index (Phi) is 5.69. The standard InChI is InChI=1S/C18H19ClN2O3/c19-13-2-1-3-17(10-13)24-16-6-4-14(5-7-16)21-18(22)11-15-12-23-9-8-20-15/h1-7,10,15,20H,8-9,11-12H2,(H,21,22). The number of rotatable bonds is 5. The molecular formula is C18H19ClN2O3. The second kappa shape index (κ2) is 8.15. The van der Waals surface area contributed by atoms with E-state index >= 15 is 0 Å². The van der Waals surface area contributed by atoms with Crippen LogP contribution in [0.3, 0.4) is 0 Å². The van der Waals surface area contributed by atoms with Crippen LogP contribution in [0.2, 0.25) is 5.02 Å². The van der Waals surface area contributed by atoms with E-state index in [1.54, 1.807) is 24.3 Å². The normalized spacial score (nSPS) is 17.3. The lowest BCUT2D eigenvalue weighted by atomic mass is 10.2. The predicted molar refractivity (Wildman–Crippen MR) is 93.8 cm³/mol. The maximum absolute atomic E-state index is 12.0. The van der Waals surface area contributed by atoms with Gasteiger partial charge in [0.05, 0.1) is 13.2 Å². The number of ether oxygens (including phenoxy) is 2. The smallest absolute Gasteiger partial charge is 0.226 e. The van der Waals surface area contributed by atoms with Crippen LogP contribution >= 0.6 is 11.6 Å². The fourth-order valence-electron chi connectivity index (χ4n) is 2.46. The van der Waals surface area contributed by atoms with Crippen molar-refractivity contribution in [2.24, 2.45) is 0 Å². The summed E-state index contributed by atoms with van der Waals surface area (Å²) in [5, 5.41) is 6.76. The van der Waals surface area contributed by atoms with E-state index in [4.69, 9.17) is 21.1 Å². The average Bonchev–Trinajstić information content (AvgIpc) is 2.57. The van der Waals surface area contributed by atoms with Gasteiger partial charge in [-0.3, -0.25) is 4.79 Å². The number of halogens is 1. The zero-order chi connectivity index (χ0) is 16.8. The largest absolute Gasteiger partial charge is 0.457 e. The summed E-state index contributed by atoms with van der Waals surface area (Å²) in [5.74, 6) is 1.31. The van der Waals surface area contributed by atoms with Crippen molar-refractivity contribution in [3.05, 3.63) is 53.6 Å². The van der Waals surface area contributed by atoms with E-state index in [0.717, 1.165) is 12.2 Å². The van der Waals surface area contributed by atoms with Crippen LogP contribution in [0.1, 0.15) is 6.42 Å². The Labute approximate surface area is 145 Å². The Morgan fingerprint density at radius 1 is 1.25 bits per heavy atom. The van der Waals surface area contributed by atoms with Crippen molar-refractivity contribution in [3.63, 3.8) is 0 Å². The first-order valence-corrected chi connectivity index (χ1v) is 8.21. The third-order valence-corrected chi connectivity index (χ3v) is 3.84. The minimum absolute atomic E-state index is 0.0403. The first-order valence-electron chi connectivity index (χ1n) is 7.83. The van der Waals surface area contributed by atoms with Crippen LogP contribution in [-0.2, 0) is 9.53 Å². The van der Waals surface area contributed by atoms with Gasteiger partial charge in [-0.15, -0.1) is 0 Å². The van der Waals surface area contributed by atoms with Gasteiger partial charge in [0.2, 0.25) is 5.91 Å². The number of morpholine rings is 1. The molecule has 2 aromatic carbocycles. The maximum Gasteiger partial charge on any atom is 0.226 e. The van der Waals surface area contributed by atoms with E-state index in [1.807, 2.05) is 24.3 Å². The van der Waals surface area contributed by atoms with E-state index in [2.05, 4.69) is 10.6 Å². The highest BCUT2D eigenvalue weighted by Crippen LogP contribution is 2.25. The molecule has 2 aromatic rings. The van der Waals surface area contributed by atoms with Crippen LogP contribution in [0.5, 0.6) is 11.5 Å². The number of nitrogens with one attached hydrogen (secondary N) is 2. The number of amides is 1. The lowest BCUT2D eigenvalue weighted by Gasteiger charge is -2.23. The number of carbonyl (C=O) groups is 1. The summed E-state index contributed by atoms with van der Waals surface area (Å²) in [6, 6.07) is 14.5. The maximum atomic E-state index is 12.0. The van der Waals surface area contributed by atoms with E-state index in [9.17, 15) is 4.79 Å². The molecule has 1 unspecified atom stereocenters. The zero-order valence-electron chi connectivity index (χ0n) is 13.1. The van der Waals surface area contributed by atoms with E-state index in [-0.39, 0.29) is 11.9 Å². The average molecular weight is 347 g/mol. The van der Waals surface area contributed by atoms with Gasteiger partial charge in [-0.1, -0.05) is 17.7 Å². The molecule has 1 aliphatic rings. The van der Waals surface area contributed by atoms with Gasteiger partial charge in [0, 0.05) is 29.7 Å². The van der Waals surface area contributed by atoms with Gasteiger partial charge in [-0.2, -0.15) is 0 Å². The lowest BCUT2D eigenvalue weighted by Crippen LogP contribution is -2.43. The van der Waals surface area contributed by atoms with E-state index in [1.165, 1.54) is 0 Å². The molecule has 0 aromatic heterocycles. The third-order valence-electron chi connectivity index (χ3n) is 3.60. The molecule has 1 heterocycles. The Bertz CT molecular complexity index is 685. The Morgan fingerprint density at radius 3 is 2.79 bits per heavy atom. The molecular weight excluding hydrogens is 328 g/mol. The van der Waals surface area contributed by atoms with Crippen molar-refractivity contribution in [2.75, 3.05) is 25.1 Å². The van der Waals surface area contributed by atoms with Crippen LogP contribution in [0, 0.1) is 0 Å². The van der Waals surface area contributed by atoms with Gasteiger partial charge in [0.1, 0.15) is 11.5 Å². The van der Waals surface area contributed by atoms with Gasteiger partial charge in [0.15, 0.2) is 0 Å². The van der Waals surface area contributed by atoms with Crippen molar-refractivity contribution in [2.45, 2.75) is 12.5 Å². The molecule has 0 aliphatic carbocycles. The number of carbonyl (C=O) groups excluding carboxylic acids is 1. The van der Waals surface area contributed by atoms with Crippen LogP contribution < -0.4 is 15.4 Å². The molecule has 1 aliphatic heterocycles. The molecule has 1 fully saturated rings. The summed E-state index contributed by atoms with van der Waals surface area (Å²) in [6.07, 6.45) is 0.390. The topological polar surface area (TPSA) is 59.6 Å². The minimum atomic E-state index is -0.0403. The molecule has 1 saturated heterocycles. The fraction of sp³-hybridized carbons (Fsp3) is 0.278. The van der Waals surface area contributed by atoms with Gasteiger partial charge >= 0.3 is 0 Å². The highest BCUT2D eigenvalue weighted by atomic mass is 35.5. The van der Waals surface area contributed by atoms with Gasteiger partial charge in [-0.25, -0.2) is 0 Å². The molecule has 126 valence electrons. The van der Waals surface area contributed by atoms with Gasteiger partial charge < -0.3 is 20.1 Å². The molecule has 0 saturated carbocycles. The first kappa shape index (κ1) is 16.8. The summed E-state index contributed by atoms with van der Waals surface area (Å²) < 4.78 is 11.1. The van der Waals surface area contributed by atoms with Crippen molar-refractivity contribution < 1.29 is 14.3 Å². The van der Waals surface area contributed by atoms with Crippen molar-refractivity contribution >= 4 is 23.2 Å². The van der Waals surface area contributed by atoms with E-state index in [0.29, 0.717) is 36.2 Å². The molecule has 5 nitrogen and oxygen atoms in total. The summed E-state index contributed by atoms with van der Waals surface area (Å²) >= 11 is 5.93. The number of hydrogen-bond donors (Lipinski definition) is 2. The zero-order valence-corrected chi connectivity index (χ0v) is 13.9. The summed E-state index contributed by atoms with van der Waals surface area (Å²) in [5.41, 5.74) is 0.732. The van der Waals surface area contributed by atoms with Crippen molar-refractivity contribution in [1.82, 2.24) is 5.32 Å². The monoisotopic (exact) mass is 346 g/mol. The number of hydrogen-bond acceptors (Lipinski definition) is 4.